The number of hydrogen-bond acceptors (Lipinski definition) is 6. The van der Waals surface area contributed by atoms with E-state index in [9.17, 15) is 4.79 Å². The number of hydrogen-bond donors (Lipinski definition) is 2. The van der Waals surface area contributed by atoms with Crippen molar-refractivity contribution in [1.82, 2.24) is 5.32 Å². The molecule has 1 saturated heterocycles. The van der Waals surface area contributed by atoms with E-state index in [0.29, 0.717) is 6.04 Å². The highest BCUT2D eigenvalue weighted by molar-refractivity contribution is 6.11. The highest BCUT2D eigenvalue weighted by Gasteiger charge is 2.33. The van der Waals surface area contributed by atoms with Crippen LogP contribution in [0.15, 0.2) is 23.3 Å². The predicted octanol–water partition coefficient (Wildman–Crippen LogP) is 3.26. The van der Waals surface area contributed by atoms with Crippen molar-refractivity contribution in [2.45, 2.75) is 70.2 Å². The van der Waals surface area contributed by atoms with Gasteiger partial charge in [0, 0.05) is 47.7 Å². The van der Waals surface area contributed by atoms with Gasteiger partial charge in [0.2, 0.25) is 0 Å². The summed E-state index contributed by atoms with van der Waals surface area (Å²) in [7, 11) is 1.42. The second kappa shape index (κ2) is 8.68. The fraction of sp³-hybridized carbons (Fsp3) is 0.565. The van der Waals surface area contributed by atoms with Crippen molar-refractivity contribution in [3.63, 3.8) is 0 Å². The van der Waals surface area contributed by atoms with E-state index in [2.05, 4.69) is 12.2 Å². The van der Waals surface area contributed by atoms with Crippen molar-refractivity contribution in [2.24, 2.45) is 10.7 Å². The molecule has 0 aromatic heterocycles. The van der Waals surface area contributed by atoms with Crippen molar-refractivity contribution in [3.8, 4) is 5.75 Å². The molecule has 3 atom stereocenters. The minimum Gasteiger partial charge on any atom is -0.489 e. The van der Waals surface area contributed by atoms with E-state index in [4.69, 9.17) is 20.2 Å². The van der Waals surface area contributed by atoms with Crippen LogP contribution in [0.3, 0.4) is 0 Å². The Hall–Kier alpha value is -2.54. The van der Waals surface area contributed by atoms with Gasteiger partial charge in [0.25, 0.3) is 0 Å². The number of carbonyl (C=O) groups excluding carboxylic acids is 1. The van der Waals surface area contributed by atoms with Gasteiger partial charge in [-0.3, -0.25) is 9.89 Å². The van der Waals surface area contributed by atoms with E-state index in [1.807, 2.05) is 25.3 Å². The van der Waals surface area contributed by atoms with Crippen LogP contribution in [0, 0.1) is 0 Å². The molecule has 1 aromatic rings. The van der Waals surface area contributed by atoms with E-state index >= 15 is 0 Å². The first-order valence-electron chi connectivity index (χ1n) is 10.9. The zero-order chi connectivity index (χ0) is 21.3. The molecule has 4 rings (SSSR count). The van der Waals surface area contributed by atoms with E-state index in [1.54, 1.807) is 11.1 Å². The summed E-state index contributed by atoms with van der Waals surface area (Å²) in [6.07, 6.45) is 8.34. The largest absolute Gasteiger partial charge is 0.489 e. The first kappa shape index (κ1) is 20.7. The summed E-state index contributed by atoms with van der Waals surface area (Å²) in [5.74, 6) is 0.834. The quantitative estimate of drug-likeness (QED) is 0.725. The van der Waals surface area contributed by atoms with Gasteiger partial charge >= 0.3 is 6.09 Å². The van der Waals surface area contributed by atoms with E-state index in [1.165, 1.54) is 13.5 Å². The Balaban J connectivity index is 1.74. The average Bonchev–Trinajstić information content (AvgIpc) is 2.72. The number of nitrogens with two attached hydrogens (primary N) is 1. The minimum absolute atomic E-state index is 0.0750. The highest BCUT2D eigenvalue weighted by Crippen LogP contribution is 2.43. The van der Waals surface area contributed by atoms with Crippen molar-refractivity contribution in [1.29, 1.82) is 0 Å². The number of fused-ring (bicyclic) bond motifs is 1. The van der Waals surface area contributed by atoms with Crippen LogP contribution in [0.25, 0.3) is 5.57 Å². The van der Waals surface area contributed by atoms with Crippen molar-refractivity contribution >= 4 is 23.6 Å². The summed E-state index contributed by atoms with van der Waals surface area (Å²) in [6.45, 7) is 5.06. The maximum atomic E-state index is 12.5. The summed E-state index contributed by atoms with van der Waals surface area (Å²) in [6, 6.07) is 4.70. The third-order valence-corrected chi connectivity index (χ3v) is 6.58. The number of nitrogens with one attached hydrogen (secondary N) is 1. The van der Waals surface area contributed by atoms with E-state index < -0.39 is 0 Å². The van der Waals surface area contributed by atoms with Crippen LogP contribution in [0.4, 0.5) is 10.5 Å². The van der Waals surface area contributed by atoms with Crippen molar-refractivity contribution < 1.29 is 14.3 Å². The lowest BCUT2D eigenvalue weighted by Crippen LogP contribution is -2.54. The van der Waals surface area contributed by atoms with Gasteiger partial charge in [0.05, 0.1) is 24.9 Å². The molecule has 2 fully saturated rings. The first-order valence-corrected chi connectivity index (χ1v) is 10.9. The van der Waals surface area contributed by atoms with Gasteiger partial charge in [0.1, 0.15) is 5.75 Å². The Bertz CT molecular complexity index is 862. The van der Waals surface area contributed by atoms with Gasteiger partial charge < -0.3 is 20.5 Å². The number of amides is 1. The third kappa shape index (κ3) is 3.78. The second-order valence-electron chi connectivity index (χ2n) is 8.50. The molecular formula is C23H32N4O3. The SMILES string of the molecule is COC(=O)N1c2ccc(C(C=NC3CNC3C)=CN)c(OC3CCC3)c2CC[C@@H]1C. The highest BCUT2D eigenvalue weighted by atomic mass is 16.5. The molecular weight excluding hydrogens is 380 g/mol. The average molecular weight is 413 g/mol. The molecule has 1 aromatic carbocycles. The molecule has 0 bridgehead atoms. The van der Waals surface area contributed by atoms with Crippen LogP contribution in [0.5, 0.6) is 5.75 Å². The lowest BCUT2D eigenvalue weighted by molar-refractivity contribution is 0.118. The van der Waals surface area contributed by atoms with Crippen LogP contribution in [-0.2, 0) is 11.2 Å². The molecule has 2 aliphatic heterocycles. The van der Waals surface area contributed by atoms with Gasteiger partial charge in [-0.2, -0.15) is 0 Å². The first-order chi connectivity index (χ1) is 14.5. The number of methoxy groups -OCH3 is 1. The zero-order valence-corrected chi connectivity index (χ0v) is 18.1. The van der Waals surface area contributed by atoms with Gasteiger partial charge in [-0.25, -0.2) is 4.79 Å². The normalized spacial score (nSPS) is 26.7. The van der Waals surface area contributed by atoms with Crippen LogP contribution >= 0.6 is 0 Å². The molecule has 1 saturated carbocycles. The number of anilines is 1. The van der Waals surface area contributed by atoms with Gasteiger partial charge in [-0.1, -0.05) is 0 Å². The summed E-state index contributed by atoms with van der Waals surface area (Å²) in [5.41, 5.74) is 9.71. The van der Waals surface area contributed by atoms with Gasteiger partial charge in [0.15, 0.2) is 0 Å². The number of allylic oxidation sites excluding steroid dienone is 1. The molecule has 162 valence electrons. The lowest BCUT2D eigenvalue weighted by Gasteiger charge is -2.37. The van der Waals surface area contributed by atoms with Crippen LogP contribution in [-0.4, -0.2) is 50.2 Å². The van der Waals surface area contributed by atoms with E-state index in [-0.39, 0.29) is 24.3 Å². The molecule has 3 N–H and O–H groups in total. The monoisotopic (exact) mass is 412 g/mol. The second-order valence-corrected chi connectivity index (χ2v) is 8.50. The predicted molar refractivity (Wildman–Crippen MR) is 119 cm³/mol. The number of rotatable bonds is 5. The summed E-state index contributed by atoms with van der Waals surface area (Å²) < 4.78 is 11.5. The molecule has 0 radical (unpaired) electrons. The van der Waals surface area contributed by atoms with Crippen molar-refractivity contribution in [3.05, 3.63) is 29.5 Å². The fourth-order valence-corrected chi connectivity index (χ4v) is 4.22. The Kier molecular flexibility index (Phi) is 5.99. The topological polar surface area (TPSA) is 89.2 Å². The molecule has 7 heteroatoms. The molecule has 30 heavy (non-hydrogen) atoms. The van der Waals surface area contributed by atoms with Gasteiger partial charge in [-0.15, -0.1) is 0 Å². The van der Waals surface area contributed by atoms with Crippen LogP contribution < -0.4 is 20.7 Å². The Morgan fingerprint density at radius 2 is 2.10 bits per heavy atom. The van der Waals surface area contributed by atoms with Gasteiger partial charge in [-0.05, 0) is 58.1 Å². The maximum absolute atomic E-state index is 12.5. The number of benzene rings is 1. The molecule has 1 aliphatic carbocycles. The Labute approximate surface area is 178 Å². The summed E-state index contributed by atoms with van der Waals surface area (Å²) in [5, 5.41) is 3.32. The molecule has 0 spiro atoms. The Morgan fingerprint density at radius 3 is 2.67 bits per heavy atom. The molecule has 2 heterocycles. The van der Waals surface area contributed by atoms with Crippen molar-refractivity contribution in [2.75, 3.05) is 18.6 Å². The molecule has 2 unspecified atom stereocenters. The minimum atomic E-state index is -0.339. The smallest absolute Gasteiger partial charge is 0.414 e. The van der Waals surface area contributed by atoms with Crippen LogP contribution in [0.2, 0.25) is 0 Å². The van der Waals surface area contributed by atoms with Crippen LogP contribution in [0.1, 0.15) is 50.7 Å². The lowest BCUT2D eigenvalue weighted by atomic mass is 9.91. The molecule has 7 nitrogen and oxygen atoms in total. The number of nitrogens with zero attached hydrogens (tertiary/aromatic N) is 2. The standard InChI is InChI=1S/C23H32N4O3/c1-14-7-8-19-21(27(14)23(28)29-3)10-9-18(22(19)30-17-5-4-6-17)16(11-24)12-26-20-13-25-15(20)2/h9-12,14-15,17,20,25H,4-8,13,24H2,1-3H3/t14-,15?,20?/m0/s1. The Morgan fingerprint density at radius 1 is 1.30 bits per heavy atom. The summed E-state index contributed by atoms with van der Waals surface area (Å²) in [4.78, 5) is 18.9. The number of aliphatic imine (C=N–C) groups is 1. The number of carbonyl (C=O) groups is 1. The molecule has 3 aliphatic rings. The zero-order valence-electron chi connectivity index (χ0n) is 18.1. The fourth-order valence-electron chi connectivity index (χ4n) is 4.22. The summed E-state index contributed by atoms with van der Waals surface area (Å²) >= 11 is 0. The molecule has 1 amide bonds. The third-order valence-electron chi connectivity index (χ3n) is 6.58. The number of ether oxygens (including phenoxy) is 2. The maximum Gasteiger partial charge on any atom is 0.414 e. The van der Waals surface area contributed by atoms with E-state index in [0.717, 1.165) is 60.4 Å².